The van der Waals surface area contributed by atoms with Crippen LogP contribution in [0, 0.1) is 0 Å². The second kappa shape index (κ2) is 7.82. The number of nitrogens with zero attached hydrogens (tertiary/aromatic N) is 1. The molecule has 1 aromatic carbocycles. The van der Waals surface area contributed by atoms with Crippen molar-refractivity contribution in [2.75, 3.05) is 19.8 Å². The van der Waals surface area contributed by atoms with Crippen LogP contribution in [0.3, 0.4) is 0 Å². The first kappa shape index (κ1) is 17.1. The lowest BCUT2D eigenvalue weighted by Crippen LogP contribution is -2.34. The zero-order valence-electron chi connectivity index (χ0n) is 12.9. The normalized spacial score (nSPS) is 16.1. The minimum Gasteiger partial charge on any atom is -0.493 e. The summed E-state index contributed by atoms with van der Waals surface area (Å²) in [6.07, 6.45) is 1.60. The Morgan fingerprint density at radius 2 is 1.96 bits per heavy atom. The fraction of sp³-hybridized carbons (Fsp3) is 0.312. The molecular formula is C16H17NO5S. The third-order valence-corrected chi connectivity index (χ3v) is 3.88. The molecule has 2 rings (SSSR count). The van der Waals surface area contributed by atoms with E-state index in [1.54, 1.807) is 25.1 Å². The van der Waals surface area contributed by atoms with Crippen LogP contribution >= 0.6 is 11.8 Å². The summed E-state index contributed by atoms with van der Waals surface area (Å²) in [4.78, 5) is 36.8. The van der Waals surface area contributed by atoms with Crippen LogP contribution in [0.2, 0.25) is 0 Å². The first-order valence-corrected chi connectivity index (χ1v) is 8.01. The quantitative estimate of drug-likeness (QED) is 0.588. The van der Waals surface area contributed by atoms with Gasteiger partial charge in [-0.05, 0) is 37.8 Å². The highest BCUT2D eigenvalue weighted by atomic mass is 32.2. The van der Waals surface area contributed by atoms with Gasteiger partial charge in [-0.15, -0.1) is 0 Å². The molecule has 1 aromatic rings. The molecule has 1 fully saturated rings. The number of imide groups is 1. The molecule has 0 N–H and O–H groups in total. The number of carbonyl (C=O) groups is 3. The Balaban J connectivity index is 2.20. The number of esters is 1. The smallest absolute Gasteiger partial charge is 0.326 e. The second-order valence-corrected chi connectivity index (χ2v) is 5.54. The molecular weight excluding hydrogens is 318 g/mol. The van der Waals surface area contributed by atoms with Crippen molar-refractivity contribution < 1.29 is 23.9 Å². The molecule has 1 saturated heterocycles. The molecule has 2 amide bonds. The molecule has 0 atom stereocenters. The maximum absolute atomic E-state index is 12.3. The predicted octanol–water partition coefficient (Wildman–Crippen LogP) is 2.68. The summed E-state index contributed by atoms with van der Waals surface area (Å²) in [5.41, 5.74) is 0.705. The molecule has 0 saturated carbocycles. The van der Waals surface area contributed by atoms with Crippen molar-refractivity contribution in [3.63, 3.8) is 0 Å². The van der Waals surface area contributed by atoms with Crippen molar-refractivity contribution in [2.24, 2.45) is 0 Å². The zero-order valence-corrected chi connectivity index (χ0v) is 13.7. The number of benzene rings is 1. The fourth-order valence-corrected chi connectivity index (χ4v) is 2.83. The molecule has 6 nitrogen and oxygen atoms in total. The lowest BCUT2D eigenvalue weighted by molar-refractivity contribution is -0.145. The van der Waals surface area contributed by atoms with Gasteiger partial charge in [-0.25, -0.2) is 0 Å². The average molecular weight is 335 g/mol. The van der Waals surface area contributed by atoms with E-state index in [9.17, 15) is 14.4 Å². The molecule has 0 aromatic heterocycles. The number of ether oxygens (including phenoxy) is 2. The lowest BCUT2D eigenvalue weighted by Gasteiger charge is -2.11. The Kier molecular flexibility index (Phi) is 5.81. The van der Waals surface area contributed by atoms with E-state index in [0.29, 0.717) is 17.9 Å². The van der Waals surface area contributed by atoms with Crippen molar-refractivity contribution in [1.29, 1.82) is 0 Å². The number of carbonyl (C=O) groups excluding carboxylic acids is 3. The molecule has 1 aliphatic heterocycles. The second-order valence-electron chi connectivity index (χ2n) is 4.54. The van der Waals surface area contributed by atoms with Crippen molar-refractivity contribution in [3.8, 4) is 5.75 Å². The third kappa shape index (κ3) is 4.13. The molecule has 0 aliphatic carbocycles. The average Bonchev–Trinajstić information content (AvgIpc) is 2.77. The van der Waals surface area contributed by atoms with Crippen molar-refractivity contribution >= 4 is 35.0 Å². The molecule has 122 valence electrons. The van der Waals surface area contributed by atoms with Crippen molar-refractivity contribution in [1.82, 2.24) is 4.90 Å². The van der Waals surface area contributed by atoms with Gasteiger partial charge in [-0.2, -0.15) is 0 Å². The highest BCUT2D eigenvalue weighted by Crippen LogP contribution is 2.33. The fourth-order valence-electron chi connectivity index (χ4n) is 2.00. The highest BCUT2D eigenvalue weighted by molar-refractivity contribution is 8.18. The standard InChI is InChI=1S/C16H17NO5S/c1-3-21-12-8-6-5-7-11(12)9-13-15(19)17(16(20)23-13)10-14(18)22-4-2/h5-9H,3-4,10H2,1-2H3/b13-9+. The topological polar surface area (TPSA) is 72.9 Å². The van der Waals surface area contributed by atoms with Gasteiger partial charge >= 0.3 is 5.97 Å². The highest BCUT2D eigenvalue weighted by Gasteiger charge is 2.36. The maximum Gasteiger partial charge on any atom is 0.326 e. The lowest BCUT2D eigenvalue weighted by atomic mass is 10.2. The Bertz CT molecular complexity index is 656. The van der Waals surface area contributed by atoms with Gasteiger partial charge in [-0.3, -0.25) is 19.3 Å². The van der Waals surface area contributed by atoms with Crippen molar-refractivity contribution in [3.05, 3.63) is 34.7 Å². The van der Waals surface area contributed by atoms with E-state index in [2.05, 4.69) is 0 Å². The first-order chi connectivity index (χ1) is 11.1. The van der Waals surface area contributed by atoms with Gasteiger partial charge in [0.2, 0.25) is 0 Å². The summed E-state index contributed by atoms with van der Waals surface area (Å²) < 4.78 is 10.3. The van der Waals surface area contributed by atoms with Crippen LogP contribution in [0.1, 0.15) is 19.4 Å². The van der Waals surface area contributed by atoms with Crippen LogP contribution in [0.4, 0.5) is 4.79 Å². The van der Waals surface area contributed by atoms with E-state index in [-0.39, 0.29) is 18.1 Å². The van der Waals surface area contributed by atoms with Crippen LogP contribution in [0.15, 0.2) is 29.2 Å². The molecule has 0 bridgehead atoms. The van der Waals surface area contributed by atoms with Gasteiger partial charge in [0.1, 0.15) is 12.3 Å². The van der Waals surface area contributed by atoms with Gasteiger partial charge < -0.3 is 9.47 Å². The van der Waals surface area contributed by atoms with E-state index >= 15 is 0 Å². The predicted molar refractivity (Wildman–Crippen MR) is 86.9 cm³/mol. The summed E-state index contributed by atoms with van der Waals surface area (Å²) in [5.74, 6) is -0.475. The zero-order chi connectivity index (χ0) is 16.8. The van der Waals surface area contributed by atoms with Gasteiger partial charge in [0.15, 0.2) is 0 Å². The molecule has 0 radical (unpaired) electrons. The minimum absolute atomic E-state index is 0.201. The number of hydrogen-bond acceptors (Lipinski definition) is 6. The Hall–Kier alpha value is -2.28. The maximum atomic E-state index is 12.3. The van der Waals surface area contributed by atoms with Gasteiger partial charge in [0.25, 0.3) is 11.1 Å². The molecule has 1 aliphatic rings. The number of para-hydroxylation sites is 1. The van der Waals surface area contributed by atoms with E-state index in [1.165, 1.54) is 0 Å². The largest absolute Gasteiger partial charge is 0.493 e. The van der Waals surface area contributed by atoms with Crippen molar-refractivity contribution in [2.45, 2.75) is 13.8 Å². The van der Waals surface area contributed by atoms with Gasteiger partial charge in [-0.1, -0.05) is 18.2 Å². The SMILES string of the molecule is CCOC(=O)CN1C(=O)S/C(=C/c2ccccc2OCC)C1=O. The van der Waals surface area contributed by atoms with Crippen LogP contribution < -0.4 is 4.74 Å². The molecule has 23 heavy (non-hydrogen) atoms. The summed E-state index contributed by atoms with van der Waals surface area (Å²) in [7, 11) is 0. The van der Waals surface area contributed by atoms with E-state index < -0.39 is 17.1 Å². The number of thioether (sulfide) groups is 1. The monoisotopic (exact) mass is 335 g/mol. The Labute approximate surface area is 138 Å². The van der Waals surface area contributed by atoms with Crippen LogP contribution in [0.5, 0.6) is 5.75 Å². The van der Waals surface area contributed by atoms with Gasteiger partial charge in [0, 0.05) is 5.56 Å². The van der Waals surface area contributed by atoms with E-state index in [0.717, 1.165) is 16.7 Å². The minimum atomic E-state index is -0.606. The summed E-state index contributed by atoms with van der Waals surface area (Å²) >= 11 is 0.799. The summed E-state index contributed by atoms with van der Waals surface area (Å²) in [5, 5.41) is -0.483. The molecule has 7 heteroatoms. The third-order valence-electron chi connectivity index (χ3n) is 2.97. The van der Waals surface area contributed by atoms with Crippen LogP contribution in [-0.2, 0) is 14.3 Å². The summed E-state index contributed by atoms with van der Waals surface area (Å²) in [6.45, 7) is 3.85. The summed E-state index contributed by atoms with van der Waals surface area (Å²) in [6, 6.07) is 7.23. The van der Waals surface area contributed by atoms with E-state index in [4.69, 9.17) is 9.47 Å². The Morgan fingerprint density at radius 1 is 1.22 bits per heavy atom. The van der Waals surface area contributed by atoms with Crippen LogP contribution in [-0.4, -0.2) is 41.8 Å². The van der Waals surface area contributed by atoms with Gasteiger partial charge in [0.05, 0.1) is 18.1 Å². The number of rotatable bonds is 6. The molecule has 0 spiro atoms. The number of amides is 2. The van der Waals surface area contributed by atoms with Crippen LogP contribution in [0.25, 0.3) is 6.08 Å². The molecule has 1 heterocycles. The number of hydrogen-bond donors (Lipinski definition) is 0. The first-order valence-electron chi connectivity index (χ1n) is 7.19. The Morgan fingerprint density at radius 3 is 2.65 bits per heavy atom. The molecule has 0 unspecified atom stereocenters. The van der Waals surface area contributed by atoms with E-state index in [1.807, 2.05) is 19.1 Å².